The van der Waals surface area contributed by atoms with Crippen LogP contribution in [0.25, 0.3) is 0 Å². The second-order valence-electron chi connectivity index (χ2n) is 4.48. The highest BCUT2D eigenvalue weighted by Gasteiger charge is 2.23. The molecule has 1 aliphatic heterocycles. The van der Waals surface area contributed by atoms with Crippen molar-refractivity contribution in [2.24, 2.45) is 10.9 Å². The standard InChI is InChI=1S/C10H19N3O/c1-7-2-3-8(4-7)13-10-11-5-9(14)6-12-10/h7-9,14H,2-6H2,1H3,(H2,11,12,13). The van der Waals surface area contributed by atoms with E-state index in [1.165, 1.54) is 19.3 Å². The quantitative estimate of drug-likeness (QED) is 0.558. The van der Waals surface area contributed by atoms with Crippen molar-refractivity contribution in [3.05, 3.63) is 0 Å². The maximum absolute atomic E-state index is 9.23. The largest absolute Gasteiger partial charge is 0.389 e. The molecule has 4 heteroatoms. The molecular weight excluding hydrogens is 178 g/mol. The van der Waals surface area contributed by atoms with E-state index >= 15 is 0 Å². The molecule has 2 rings (SSSR count). The summed E-state index contributed by atoms with van der Waals surface area (Å²) in [4.78, 5) is 4.24. The minimum absolute atomic E-state index is 0.317. The van der Waals surface area contributed by atoms with E-state index in [1.807, 2.05) is 0 Å². The van der Waals surface area contributed by atoms with Crippen LogP contribution < -0.4 is 10.6 Å². The first-order valence-electron chi connectivity index (χ1n) is 5.47. The number of β-amino-alcohol motifs (C(OH)–C–C–N with tert-alkyl or cyclic N) is 1. The van der Waals surface area contributed by atoms with Crippen molar-refractivity contribution >= 4 is 5.96 Å². The second-order valence-corrected chi connectivity index (χ2v) is 4.48. The van der Waals surface area contributed by atoms with Crippen LogP contribution >= 0.6 is 0 Å². The molecule has 2 aliphatic rings. The van der Waals surface area contributed by atoms with Crippen molar-refractivity contribution in [3.63, 3.8) is 0 Å². The number of rotatable bonds is 1. The van der Waals surface area contributed by atoms with E-state index in [9.17, 15) is 5.11 Å². The zero-order valence-corrected chi connectivity index (χ0v) is 8.66. The normalized spacial score (nSPS) is 37.6. The maximum atomic E-state index is 9.23. The van der Waals surface area contributed by atoms with Gasteiger partial charge in [-0.1, -0.05) is 6.92 Å². The minimum Gasteiger partial charge on any atom is -0.389 e. The van der Waals surface area contributed by atoms with Crippen LogP contribution in [0.2, 0.25) is 0 Å². The lowest BCUT2D eigenvalue weighted by atomic mass is 10.1. The van der Waals surface area contributed by atoms with E-state index in [1.54, 1.807) is 0 Å². The third kappa shape index (κ3) is 2.38. The van der Waals surface area contributed by atoms with Crippen LogP contribution in [0.15, 0.2) is 4.99 Å². The van der Waals surface area contributed by atoms with Gasteiger partial charge in [0.1, 0.15) is 0 Å². The number of hydrogen-bond acceptors (Lipinski definition) is 4. The van der Waals surface area contributed by atoms with Crippen molar-refractivity contribution in [3.8, 4) is 0 Å². The summed E-state index contributed by atoms with van der Waals surface area (Å²) in [6.45, 7) is 3.44. The van der Waals surface area contributed by atoms with Crippen molar-refractivity contribution < 1.29 is 5.11 Å². The van der Waals surface area contributed by atoms with Crippen LogP contribution in [0, 0.1) is 5.92 Å². The van der Waals surface area contributed by atoms with Crippen LogP contribution in [0.5, 0.6) is 0 Å². The predicted octanol–water partition coefficient (Wildman–Crippen LogP) is 0.0847. The molecule has 0 aromatic heterocycles. The lowest BCUT2D eigenvalue weighted by Crippen LogP contribution is -2.48. The molecule has 0 aromatic rings. The van der Waals surface area contributed by atoms with Crippen molar-refractivity contribution in [1.29, 1.82) is 0 Å². The summed E-state index contributed by atoms with van der Waals surface area (Å²) in [6, 6.07) is 0.575. The Morgan fingerprint density at radius 3 is 2.93 bits per heavy atom. The molecule has 0 amide bonds. The van der Waals surface area contributed by atoms with Gasteiger partial charge in [0.2, 0.25) is 0 Å². The van der Waals surface area contributed by atoms with Crippen molar-refractivity contribution in [2.45, 2.75) is 38.3 Å². The monoisotopic (exact) mass is 197 g/mol. The molecule has 80 valence electrons. The Hall–Kier alpha value is -0.770. The highest BCUT2D eigenvalue weighted by Crippen LogP contribution is 2.24. The highest BCUT2D eigenvalue weighted by atomic mass is 16.3. The van der Waals surface area contributed by atoms with Gasteiger partial charge in [-0.2, -0.15) is 0 Å². The average Bonchev–Trinajstić information content (AvgIpc) is 2.56. The third-order valence-electron chi connectivity index (χ3n) is 3.00. The first-order chi connectivity index (χ1) is 6.74. The zero-order valence-electron chi connectivity index (χ0n) is 8.66. The summed E-state index contributed by atoms with van der Waals surface area (Å²) >= 11 is 0. The molecule has 0 spiro atoms. The molecule has 14 heavy (non-hydrogen) atoms. The summed E-state index contributed by atoms with van der Waals surface area (Å²) in [5.74, 6) is 1.71. The average molecular weight is 197 g/mol. The summed E-state index contributed by atoms with van der Waals surface area (Å²) < 4.78 is 0. The lowest BCUT2D eigenvalue weighted by molar-refractivity contribution is 0.180. The van der Waals surface area contributed by atoms with Gasteiger partial charge in [0.25, 0.3) is 0 Å². The van der Waals surface area contributed by atoms with Crippen molar-refractivity contribution in [2.75, 3.05) is 13.1 Å². The van der Waals surface area contributed by atoms with Gasteiger partial charge in [0.05, 0.1) is 12.6 Å². The number of aliphatic imine (C=N–C) groups is 1. The molecule has 3 N–H and O–H groups in total. The number of aliphatic hydroxyl groups is 1. The summed E-state index contributed by atoms with van der Waals surface area (Å²) in [7, 11) is 0. The predicted molar refractivity (Wildman–Crippen MR) is 56.3 cm³/mol. The van der Waals surface area contributed by atoms with Crippen LogP contribution in [0.1, 0.15) is 26.2 Å². The Labute approximate surface area is 84.8 Å². The van der Waals surface area contributed by atoms with Gasteiger partial charge in [-0.3, -0.25) is 4.99 Å². The lowest BCUT2D eigenvalue weighted by Gasteiger charge is -2.22. The van der Waals surface area contributed by atoms with Gasteiger partial charge in [0, 0.05) is 12.6 Å². The van der Waals surface area contributed by atoms with E-state index in [2.05, 4.69) is 22.5 Å². The van der Waals surface area contributed by atoms with Gasteiger partial charge in [0.15, 0.2) is 5.96 Å². The van der Waals surface area contributed by atoms with Gasteiger partial charge in [-0.25, -0.2) is 0 Å². The molecule has 0 saturated heterocycles. The Kier molecular flexibility index (Phi) is 2.91. The zero-order chi connectivity index (χ0) is 9.97. The van der Waals surface area contributed by atoms with Crippen LogP contribution in [0.3, 0.4) is 0 Å². The fourth-order valence-corrected chi connectivity index (χ4v) is 2.16. The molecule has 3 unspecified atom stereocenters. The van der Waals surface area contributed by atoms with Gasteiger partial charge >= 0.3 is 0 Å². The number of nitrogens with zero attached hydrogens (tertiary/aromatic N) is 1. The first-order valence-corrected chi connectivity index (χ1v) is 5.47. The summed E-state index contributed by atoms with van der Waals surface area (Å²) in [5, 5.41) is 15.7. The van der Waals surface area contributed by atoms with Crippen LogP contribution in [-0.4, -0.2) is 36.3 Å². The van der Waals surface area contributed by atoms with Crippen LogP contribution in [-0.2, 0) is 0 Å². The fourth-order valence-electron chi connectivity index (χ4n) is 2.16. The van der Waals surface area contributed by atoms with Crippen molar-refractivity contribution in [1.82, 2.24) is 10.6 Å². The highest BCUT2D eigenvalue weighted by molar-refractivity contribution is 5.80. The van der Waals surface area contributed by atoms with Crippen LogP contribution in [0.4, 0.5) is 0 Å². The maximum Gasteiger partial charge on any atom is 0.191 e. The Morgan fingerprint density at radius 1 is 1.50 bits per heavy atom. The molecular formula is C10H19N3O. The SMILES string of the molecule is CC1CCC(NC2=NCC(O)CN2)C1. The Morgan fingerprint density at radius 2 is 2.36 bits per heavy atom. The Bertz CT molecular complexity index is 229. The molecule has 1 heterocycles. The van der Waals surface area contributed by atoms with E-state index in [0.29, 0.717) is 19.1 Å². The van der Waals surface area contributed by atoms with Gasteiger partial charge in [-0.15, -0.1) is 0 Å². The minimum atomic E-state index is -0.317. The molecule has 1 aliphatic carbocycles. The number of guanidine groups is 1. The molecule has 0 bridgehead atoms. The molecule has 0 radical (unpaired) electrons. The molecule has 1 saturated carbocycles. The summed E-state index contributed by atoms with van der Waals surface area (Å²) in [5.41, 5.74) is 0. The van der Waals surface area contributed by atoms with E-state index in [4.69, 9.17) is 0 Å². The second kappa shape index (κ2) is 4.17. The van der Waals surface area contributed by atoms with Gasteiger partial charge in [-0.05, 0) is 25.2 Å². The topological polar surface area (TPSA) is 56.7 Å². The number of hydrogen-bond donors (Lipinski definition) is 3. The van der Waals surface area contributed by atoms with E-state index < -0.39 is 0 Å². The van der Waals surface area contributed by atoms with E-state index in [0.717, 1.165) is 11.9 Å². The van der Waals surface area contributed by atoms with Gasteiger partial charge < -0.3 is 15.7 Å². The third-order valence-corrected chi connectivity index (χ3v) is 3.00. The smallest absolute Gasteiger partial charge is 0.191 e. The first kappa shape index (κ1) is 9.77. The summed E-state index contributed by atoms with van der Waals surface area (Å²) in [6.07, 6.45) is 3.48. The fraction of sp³-hybridized carbons (Fsp3) is 0.900. The van der Waals surface area contributed by atoms with E-state index in [-0.39, 0.29) is 6.10 Å². The molecule has 0 aromatic carbocycles. The Balaban J connectivity index is 1.80. The molecule has 4 nitrogen and oxygen atoms in total. The molecule has 3 atom stereocenters. The molecule has 1 fully saturated rings. The number of aliphatic hydroxyl groups excluding tert-OH is 1. The number of nitrogens with one attached hydrogen (secondary N) is 2.